The van der Waals surface area contributed by atoms with Crippen LogP contribution in [0.1, 0.15) is 38.2 Å². The highest BCUT2D eigenvalue weighted by molar-refractivity contribution is 5.15. The molecule has 2 fully saturated rings. The van der Waals surface area contributed by atoms with Crippen molar-refractivity contribution >= 4 is 0 Å². The topological polar surface area (TPSA) is 21.7 Å². The lowest BCUT2D eigenvalue weighted by Crippen LogP contribution is -2.48. The molecule has 1 spiro atoms. The second-order valence-corrected chi connectivity index (χ2v) is 6.96. The molecule has 1 aromatic carbocycles. The van der Waals surface area contributed by atoms with Crippen molar-refractivity contribution < 1.29 is 9.47 Å². The van der Waals surface area contributed by atoms with E-state index in [2.05, 4.69) is 42.2 Å². The van der Waals surface area contributed by atoms with Gasteiger partial charge in [-0.05, 0) is 50.5 Å². The highest BCUT2D eigenvalue weighted by Gasteiger charge is 2.45. The van der Waals surface area contributed by atoms with Crippen LogP contribution in [0.15, 0.2) is 30.3 Å². The van der Waals surface area contributed by atoms with Gasteiger partial charge in [-0.25, -0.2) is 0 Å². The molecule has 2 aliphatic heterocycles. The van der Waals surface area contributed by atoms with E-state index in [4.69, 9.17) is 9.47 Å². The molecule has 3 rings (SSSR count). The van der Waals surface area contributed by atoms with Gasteiger partial charge in [0.2, 0.25) is 0 Å². The minimum absolute atomic E-state index is 0.153. The highest BCUT2D eigenvalue weighted by atomic mass is 16.5. The fraction of sp³-hybridized carbons (Fsp3) is 0.700. The predicted octanol–water partition coefficient (Wildman–Crippen LogP) is 3.53. The van der Waals surface area contributed by atoms with Crippen molar-refractivity contribution in [1.82, 2.24) is 4.90 Å². The average molecular weight is 317 g/mol. The van der Waals surface area contributed by atoms with Gasteiger partial charge < -0.3 is 14.4 Å². The lowest BCUT2D eigenvalue weighted by atomic mass is 9.78. The van der Waals surface area contributed by atoms with Gasteiger partial charge in [0.1, 0.15) is 0 Å². The molecule has 0 aromatic heterocycles. The lowest BCUT2D eigenvalue weighted by molar-refractivity contribution is -0.0714. The van der Waals surface area contributed by atoms with Crippen molar-refractivity contribution in [1.29, 1.82) is 0 Å². The molecule has 2 aliphatic rings. The standard InChI is InChI=1S/C20H31NO2/c1-2-22-16-9-19-10-17-23-20(19)11-14-21(15-12-20)13-8-18-6-4-3-5-7-18/h3-7,19H,2,8-17H2,1H3/t19-/m1/s1. The monoisotopic (exact) mass is 317 g/mol. The van der Waals surface area contributed by atoms with E-state index in [0.29, 0.717) is 5.92 Å². The van der Waals surface area contributed by atoms with Crippen LogP contribution in [0.2, 0.25) is 0 Å². The summed E-state index contributed by atoms with van der Waals surface area (Å²) in [6, 6.07) is 10.8. The molecule has 2 saturated heterocycles. The van der Waals surface area contributed by atoms with Crippen LogP contribution in [-0.4, -0.2) is 50.0 Å². The molecular formula is C20H31NO2. The smallest absolute Gasteiger partial charge is 0.0736 e. The summed E-state index contributed by atoms with van der Waals surface area (Å²) in [7, 11) is 0. The number of benzene rings is 1. The zero-order valence-electron chi connectivity index (χ0n) is 14.5. The van der Waals surface area contributed by atoms with E-state index in [0.717, 1.165) is 32.7 Å². The number of ether oxygens (including phenoxy) is 2. The van der Waals surface area contributed by atoms with Crippen LogP contribution >= 0.6 is 0 Å². The van der Waals surface area contributed by atoms with Crippen molar-refractivity contribution in [3.63, 3.8) is 0 Å². The first-order valence-corrected chi connectivity index (χ1v) is 9.30. The SMILES string of the molecule is CCOCC[C@@H]1CCOC12CCN(CCc1ccccc1)CC2. The maximum absolute atomic E-state index is 6.25. The van der Waals surface area contributed by atoms with Gasteiger partial charge >= 0.3 is 0 Å². The Kier molecular flexibility index (Phi) is 6.09. The third kappa shape index (κ3) is 4.34. The fourth-order valence-electron chi connectivity index (χ4n) is 4.20. The van der Waals surface area contributed by atoms with Gasteiger partial charge in [0.25, 0.3) is 0 Å². The Morgan fingerprint density at radius 3 is 2.74 bits per heavy atom. The molecule has 3 nitrogen and oxygen atoms in total. The molecule has 0 saturated carbocycles. The first-order valence-electron chi connectivity index (χ1n) is 9.30. The van der Waals surface area contributed by atoms with Gasteiger partial charge in [0, 0.05) is 39.5 Å². The number of hydrogen-bond donors (Lipinski definition) is 0. The fourth-order valence-corrected chi connectivity index (χ4v) is 4.20. The second kappa shape index (κ2) is 8.27. The van der Waals surface area contributed by atoms with Crippen molar-refractivity contribution in [3.8, 4) is 0 Å². The summed E-state index contributed by atoms with van der Waals surface area (Å²) in [5.41, 5.74) is 1.60. The highest BCUT2D eigenvalue weighted by Crippen LogP contribution is 2.42. The Morgan fingerprint density at radius 2 is 2.00 bits per heavy atom. The van der Waals surface area contributed by atoms with Gasteiger partial charge in [0.15, 0.2) is 0 Å². The largest absolute Gasteiger partial charge is 0.382 e. The first-order chi connectivity index (χ1) is 11.3. The van der Waals surface area contributed by atoms with E-state index in [1.807, 2.05) is 0 Å². The Hall–Kier alpha value is -0.900. The molecule has 0 unspecified atom stereocenters. The molecule has 1 atom stereocenters. The van der Waals surface area contributed by atoms with E-state index in [-0.39, 0.29) is 5.60 Å². The van der Waals surface area contributed by atoms with Crippen molar-refractivity contribution in [2.75, 3.05) is 39.5 Å². The number of hydrogen-bond acceptors (Lipinski definition) is 3. The van der Waals surface area contributed by atoms with Crippen molar-refractivity contribution in [2.45, 2.75) is 44.6 Å². The first kappa shape index (κ1) is 16.9. The number of piperidine rings is 1. The van der Waals surface area contributed by atoms with E-state index in [1.54, 1.807) is 0 Å². The quantitative estimate of drug-likeness (QED) is 0.718. The summed E-state index contributed by atoms with van der Waals surface area (Å²) in [6.07, 6.45) is 5.93. The van der Waals surface area contributed by atoms with Gasteiger partial charge in [-0.1, -0.05) is 30.3 Å². The maximum Gasteiger partial charge on any atom is 0.0736 e. The molecule has 0 amide bonds. The molecule has 23 heavy (non-hydrogen) atoms. The van der Waals surface area contributed by atoms with E-state index >= 15 is 0 Å². The number of likely N-dealkylation sites (tertiary alicyclic amines) is 1. The molecular weight excluding hydrogens is 286 g/mol. The Bertz CT molecular complexity index is 454. The van der Waals surface area contributed by atoms with Gasteiger partial charge in [-0.2, -0.15) is 0 Å². The summed E-state index contributed by atoms with van der Waals surface area (Å²) < 4.78 is 11.8. The summed E-state index contributed by atoms with van der Waals surface area (Å²) in [5.74, 6) is 0.699. The molecule has 1 aromatic rings. The second-order valence-electron chi connectivity index (χ2n) is 6.96. The normalized spacial score (nSPS) is 24.3. The van der Waals surface area contributed by atoms with Crippen LogP contribution in [0.5, 0.6) is 0 Å². The van der Waals surface area contributed by atoms with Crippen LogP contribution in [0.4, 0.5) is 0 Å². The Balaban J connectivity index is 1.45. The van der Waals surface area contributed by atoms with Crippen LogP contribution in [0.25, 0.3) is 0 Å². The molecule has 0 bridgehead atoms. The van der Waals surface area contributed by atoms with E-state index < -0.39 is 0 Å². The molecule has 0 N–H and O–H groups in total. The molecule has 0 radical (unpaired) electrons. The summed E-state index contributed by atoms with van der Waals surface area (Å²) >= 11 is 0. The molecule has 3 heteroatoms. The Morgan fingerprint density at radius 1 is 1.22 bits per heavy atom. The third-order valence-corrected chi connectivity index (χ3v) is 5.68. The van der Waals surface area contributed by atoms with Crippen LogP contribution in [-0.2, 0) is 15.9 Å². The summed E-state index contributed by atoms with van der Waals surface area (Å²) in [6.45, 7) is 8.27. The maximum atomic E-state index is 6.25. The summed E-state index contributed by atoms with van der Waals surface area (Å²) in [4.78, 5) is 2.61. The number of nitrogens with zero attached hydrogens (tertiary/aromatic N) is 1. The van der Waals surface area contributed by atoms with Crippen LogP contribution in [0, 0.1) is 5.92 Å². The molecule has 0 aliphatic carbocycles. The summed E-state index contributed by atoms with van der Waals surface area (Å²) in [5, 5.41) is 0. The van der Waals surface area contributed by atoms with Crippen molar-refractivity contribution in [2.24, 2.45) is 5.92 Å². The Labute approximate surface area is 141 Å². The van der Waals surface area contributed by atoms with E-state index in [9.17, 15) is 0 Å². The lowest BCUT2D eigenvalue weighted by Gasteiger charge is -2.42. The zero-order chi connectivity index (χ0) is 16.0. The predicted molar refractivity (Wildman–Crippen MR) is 93.7 cm³/mol. The van der Waals surface area contributed by atoms with E-state index in [1.165, 1.54) is 44.5 Å². The van der Waals surface area contributed by atoms with Crippen LogP contribution in [0.3, 0.4) is 0 Å². The van der Waals surface area contributed by atoms with Crippen LogP contribution < -0.4 is 0 Å². The van der Waals surface area contributed by atoms with Crippen molar-refractivity contribution in [3.05, 3.63) is 35.9 Å². The van der Waals surface area contributed by atoms with Gasteiger partial charge in [-0.15, -0.1) is 0 Å². The third-order valence-electron chi connectivity index (χ3n) is 5.68. The van der Waals surface area contributed by atoms with Gasteiger partial charge in [0.05, 0.1) is 5.60 Å². The zero-order valence-corrected chi connectivity index (χ0v) is 14.5. The molecule has 2 heterocycles. The minimum atomic E-state index is 0.153. The number of rotatable bonds is 7. The molecule has 128 valence electrons. The minimum Gasteiger partial charge on any atom is -0.382 e. The average Bonchev–Trinajstić information content (AvgIpc) is 2.98. The van der Waals surface area contributed by atoms with Gasteiger partial charge in [-0.3, -0.25) is 0 Å².